The van der Waals surface area contributed by atoms with E-state index in [1.54, 1.807) is 50.2 Å². The van der Waals surface area contributed by atoms with E-state index in [4.69, 9.17) is 23.2 Å². The zero-order valence-corrected chi connectivity index (χ0v) is 20.1. The average Bonchev–Trinajstić information content (AvgIpc) is 2.71. The molecule has 0 aliphatic heterocycles. The van der Waals surface area contributed by atoms with Gasteiger partial charge in [-0.2, -0.15) is 0 Å². The first-order valence-corrected chi connectivity index (χ1v) is 12.0. The van der Waals surface area contributed by atoms with E-state index in [1.165, 1.54) is 18.0 Å². The van der Waals surface area contributed by atoms with Crippen molar-refractivity contribution in [3.63, 3.8) is 0 Å². The molecule has 0 aliphatic rings. The van der Waals surface area contributed by atoms with E-state index in [9.17, 15) is 18.0 Å². The van der Waals surface area contributed by atoms with Crippen molar-refractivity contribution in [3.8, 4) is 0 Å². The van der Waals surface area contributed by atoms with Gasteiger partial charge in [0.25, 0.3) is 0 Å². The Morgan fingerprint density at radius 2 is 1.77 bits per heavy atom. The van der Waals surface area contributed by atoms with Gasteiger partial charge in [0.05, 0.1) is 11.9 Å². The lowest BCUT2D eigenvalue weighted by molar-refractivity contribution is -0.139. The fourth-order valence-corrected chi connectivity index (χ4v) is 4.31. The molecular formula is C21H25Cl2N3O4S. The Balaban J connectivity index is 2.45. The molecular weight excluding hydrogens is 461 g/mol. The summed E-state index contributed by atoms with van der Waals surface area (Å²) in [5.41, 5.74) is 1.58. The molecule has 168 valence electrons. The molecule has 2 aromatic rings. The number of nitrogens with one attached hydrogen (secondary N) is 1. The number of carbonyl (C=O) groups is 2. The van der Waals surface area contributed by atoms with Gasteiger partial charge in [-0.1, -0.05) is 47.5 Å². The topological polar surface area (TPSA) is 86.8 Å². The first-order valence-electron chi connectivity index (χ1n) is 9.44. The lowest BCUT2D eigenvalue weighted by Crippen LogP contribution is -2.50. The predicted octanol–water partition coefficient (Wildman–Crippen LogP) is 3.23. The molecule has 2 aromatic carbocycles. The third kappa shape index (κ3) is 6.35. The Bertz CT molecular complexity index is 1080. The number of rotatable bonds is 8. The number of nitrogens with zero attached hydrogens (tertiary/aromatic N) is 2. The van der Waals surface area contributed by atoms with Gasteiger partial charge in [-0.25, -0.2) is 8.42 Å². The molecule has 31 heavy (non-hydrogen) atoms. The summed E-state index contributed by atoms with van der Waals surface area (Å²) < 4.78 is 26.1. The van der Waals surface area contributed by atoms with Crippen molar-refractivity contribution in [2.24, 2.45) is 0 Å². The number of likely N-dealkylation sites (N-methyl/N-ethyl adjacent to an activating group) is 1. The second-order valence-corrected chi connectivity index (χ2v) is 9.85. The highest BCUT2D eigenvalue weighted by Crippen LogP contribution is 2.27. The van der Waals surface area contributed by atoms with Crippen LogP contribution in [0.25, 0.3) is 0 Å². The zero-order valence-electron chi connectivity index (χ0n) is 17.7. The smallest absolute Gasteiger partial charge is 0.244 e. The fraction of sp³-hybridized carbons (Fsp3) is 0.333. The summed E-state index contributed by atoms with van der Waals surface area (Å²) in [4.78, 5) is 26.9. The molecule has 1 N–H and O–H groups in total. The van der Waals surface area contributed by atoms with Crippen LogP contribution in [0, 0.1) is 6.92 Å². The summed E-state index contributed by atoms with van der Waals surface area (Å²) in [5.74, 6) is -0.939. The van der Waals surface area contributed by atoms with Gasteiger partial charge >= 0.3 is 0 Å². The van der Waals surface area contributed by atoms with Crippen LogP contribution >= 0.6 is 23.2 Å². The Morgan fingerprint density at radius 3 is 2.35 bits per heavy atom. The molecule has 10 heteroatoms. The van der Waals surface area contributed by atoms with Gasteiger partial charge in [-0.05, 0) is 43.2 Å². The average molecular weight is 486 g/mol. The van der Waals surface area contributed by atoms with Crippen molar-refractivity contribution in [2.45, 2.75) is 26.4 Å². The molecule has 0 spiro atoms. The molecule has 0 aromatic heterocycles. The Morgan fingerprint density at radius 1 is 1.13 bits per heavy atom. The number of benzene rings is 2. The Labute approximate surface area is 193 Å². The Hall–Kier alpha value is -2.29. The maximum atomic E-state index is 13.3. The highest BCUT2D eigenvalue weighted by Gasteiger charge is 2.30. The highest BCUT2D eigenvalue weighted by atomic mass is 35.5. The van der Waals surface area contributed by atoms with Gasteiger partial charge in [0.1, 0.15) is 12.6 Å². The first-order chi connectivity index (χ1) is 14.5. The van der Waals surface area contributed by atoms with Gasteiger partial charge in [0, 0.05) is 23.6 Å². The molecule has 0 saturated carbocycles. The van der Waals surface area contributed by atoms with Crippen LogP contribution in [0.1, 0.15) is 18.1 Å². The Kier molecular flexibility index (Phi) is 8.34. The van der Waals surface area contributed by atoms with Gasteiger partial charge in [-0.3, -0.25) is 13.9 Å². The number of sulfonamides is 1. The molecule has 0 radical (unpaired) electrons. The number of halogens is 2. The van der Waals surface area contributed by atoms with Crippen LogP contribution in [0.4, 0.5) is 5.69 Å². The summed E-state index contributed by atoms with van der Waals surface area (Å²) >= 11 is 12.3. The third-order valence-corrected chi connectivity index (χ3v) is 6.56. The van der Waals surface area contributed by atoms with Gasteiger partial charge in [-0.15, -0.1) is 0 Å². The third-order valence-electron chi connectivity index (χ3n) is 4.83. The van der Waals surface area contributed by atoms with Crippen molar-refractivity contribution in [3.05, 3.63) is 63.6 Å². The zero-order chi connectivity index (χ0) is 23.3. The van der Waals surface area contributed by atoms with E-state index < -0.39 is 28.5 Å². The predicted molar refractivity (Wildman–Crippen MR) is 124 cm³/mol. The van der Waals surface area contributed by atoms with Crippen LogP contribution in [0.3, 0.4) is 0 Å². The fourth-order valence-electron chi connectivity index (χ4n) is 3.05. The number of hydrogen-bond acceptors (Lipinski definition) is 4. The van der Waals surface area contributed by atoms with Crippen molar-refractivity contribution >= 4 is 50.7 Å². The summed E-state index contributed by atoms with van der Waals surface area (Å²) in [6.45, 7) is 2.84. The maximum Gasteiger partial charge on any atom is 0.244 e. The minimum absolute atomic E-state index is 0.0409. The number of hydrogen-bond donors (Lipinski definition) is 1. The van der Waals surface area contributed by atoms with E-state index in [2.05, 4.69) is 5.32 Å². The summed E-state index contributed by atoms with van der Waals surface area (Å²) in [6, 6.07) is 10.9. The lowest BCUT2D eigenvalue weighted by Gasteiger charge is -2.31. The van der Waals surface area contributed by atoms with Gasteiger partial charge < -0.3 is 10.2 Å². The standard InChI is InChI=1S/C21H25Cl2N3O4S/c1-14-9-10-17(22)11-19(14)26(31(4,29)30)13-20(27)25(15(2)21(28)24-3)12-16-7-5-6-8-18(16)23/h5-11,15H,12-13H2,1-4H3,(H,24,28). The number of aryl methyl sites for hydroxylation is 1. The van der Waals surface area contributed by atoms with Crippen molar-refractivity contribution < 1.29 is 18.0 Å². The largest absolute Gasteiger partial charge is 0.357 e. The van der Waals surface area contributed by atoms with Crippen LogP contribution in [0.15, 0.2) is 42.5 Å². The van der Waals surface area contributed by atoms with E-state index in [0.717, 1.165) is 10.6 Å². The van der Waals surface area contributed by atoms with Crippen molar-refractivity contribution in [1.29, 1.82) is 0 Å². The second-order valence-electron chi connectivity index (χ2n) is 7.10. The van der Waals surface area contributed by atoms with Crippen LogP contribution in [0.5, 0.6) is 0 Å². The van der Waals surface area contributed by atoms with E-state index in [0.29, 0.717) is 26.9 Å². The maximum absolute atomic E-state index is 13.3. The van der Waals surface area contributed by atoms with Gasteiger partial charge in [0.2, 0.25) is 21.8 Å². The summed E-state index contributed by atoms with van der Waals surface area (Å²) in [6.07, 6.45) is 1.02. The molecule has 0 saturated heterocycles. The van der Waals surface area contributed by atoms with E-state index in [1.807, 2.05) is 0 Å². The summed E-state index contributed by atoms with van der Waals surface area (Å²) in [7, 11) is -2.35. The monoisotopic (exact) mass is 485 g/mol. The first kappa shape index (κ1) is 25.0. The van der Waals surface area contributed by atoms with E-state index >= 15 is 0 Å². The molecule has 2 amide bonds. The molecule has 0 bridgehead atoms. The highest BCUT2D eigenvalue weighted by molar-refractivity contribution is 7.92. The number of amides is 2. The van der Waals surface area contributed by atoms with E-state index in [-0.39, 0.29) is 12.5 Å². The summed E-state index contributed by atoms with van der Waals surface area (Å²) in [5, 5.41) is 3.30. The lowest BCUT2D eigenvalue weighted by atomic mass is 10.1. The number of anilines is 1. The minimum atomic E-state index is -3.82. The van der Waals surface area contributed by atoms with Crippen LogP contribution < -0.4 is 9.62 Å². The SMILES string of the molecule is CNC(=O)C(C)N(Cc1ccccc1Cl)C(=O)CN(c1cc(Cl)ccc1C)S(C)(=O)=O. The molecule has 2 rings (SSSR count). The molecule has 0 aliphatic carbocycles. The normalized spacial score (nSPS) is 12.2. The molecule has 1 unspecified atom stereocenters. The number of carbonyl (C=O) groups excluding carboxylic acids is 2. The molecule has 0 fully saturated rings. The molecule has 7 nitrogen and oxygen atoms in total. The van der Waals surface area contributed by atoms with Crippen LogP contribution in [0.2, 0.25) is 10.0 Å². The second kappa shape index (κ2) is 10.3. The van der Waals surface area contributed by atoms with Crippen molar-refractivity contribution in [1.82, 2.24) is 10.2 Å². The van der Waals surface area contributed by atoms with Crippen LogP contribution in [-0.4, -0.2) is 51.0 Å². The van der Waals surface area contributed by atoms with Crippen molar-refractivity contribution in [2.75, 3.05) is 24.2 Å². The quantitative estimate of drug-likeness (QED) is 0.621. The minimum Gasteiger partial charge on any atom is -0.357 e. The molecule has 1 atom stereocenters. The molecule has 0 heterocycles. The van der Waals surface area contributed by atoms with Gasteiger partial charge in [0.15, 0.2) is 0 Å². The van der Waals surface area contributed by atoms with Crippen LogP contribution in [-0.2, 0) is 26.2 Å².